The van der Waals surface area contributed by atoms with Crippen molar-refractivity contribution in [1.29, 1.82) is 0 Å². The zero-order chi connectivity index (χ0) is 14.7. The predicted molar refractivity (Wildman–Crippen MR) is 90.0 cm³/mol. The predicted octanol–water partition coefficient (Wildman–Crippen LogP) is 3.65. The second kappa shape index (κ2) is 6.22. The Morgan fingerprint density at radius 2 is 2.05 bits per heavy atom. The molecule has 3 rings (SSSR count). The number of amides is 1. The average Bonchev–Trinajstić information content (AvgIpc) is 2.55. The largest absolute Gasteiger partial charge is 0.319 e. The topological polar surface area (TPSA) is 32.3 Å². The van der Waals surface area contributed by atoms with E-state index in [1.54, 1.807) is 12.1 Å². The molecule has 0 fully saturated rings. The fraction of sp³-hybridized carbons (Fsp3) is 0.294. The first kappa shape index (κ1) is 14.0. The Labute approximate surface area is 131 Å². The van der Waals surface area contributed by atoms with E-state index in [0.717, 1.165) is 32.2 Å². The Balaban J connectivity index is 0.00000176. The Hall–Kier alpha value is -1.94. The first-order valence-electron chi connectivity index (χ1n) is 7.32. The molecule has 0 unspecified atom stereocenters. The van der Waals surface area contributed by atoms with Crippen molar-refractivity contribution in [2.75, 3.05) is 6.54 Å². The van der Waals surface area contributed by atoms with Crippen molar-refractivity contribution >= 4 is 23.2 Å². The lowest BCUT2D eigenvalue weighted by molar-refractivity contribution is 0.0974. The summed E-state index contributed by atoms with van der Waals surface area (Å²) in [6, 6.07) is 9.18. The van der Waals surface area contributed by atoms with Gasteiger partial charge in [-0.25, -0.2) is 0 Å². The summed E-state index contributed by atoms with van der Waals surface area (Å²) in [5.74, 6) is -0.145. The highest BCUT2D eigenvalue weighted by Gasteiger charge is 2.23. The van der Waals surface area contributed by atoms with E-state index in [2.05, 4.69) is 22.4 Å². The number of benzene rings is 1. The number of carbonyl (C=O) groups excluding carboxylic acids is 1. The fourth-order valence-corrected chi connectivity index (χ4v) is 3.12. The molecule has 1 aromatic rings. The van der Waals surface area contributed by atoms with Crippen LogP contribution in [0.5, 0.6) is 0 Å². The highest BCUT2D eigenvalue weighted by atomic mass is 32.1. The van der Waals surface area contributed by atoms with E-state index < -0.39 is 0 Å². The summed E-state index contributed by atoms with van der Waals surface area (Å²) in [5.41, 5.74) is 3.27. The molecular formula is C17H20N2OS. The van der Waals surface area contributed by atoms with Crippen LogP contribution in [0.1, 0.15) is 37.5 Å². The third kappa shape index (κ3) is 3.05. The zero-order valence-electron chi connectivity index (χ0n) is 11.8. The minimum absolute atomic E-state index is 0. The van der Waals surface area contributed by atoms with Crippen LogP contribution in [0.4, 0.5) is 0 Å². The van der Waals surface area contributed by atoms with Gasteiger partial charge in [0.25, 0.3) is 5.91 Å². The summed E-state index contributed by atoms with van der Waals surface area (Å²) in [6.07, 6.45) is 8.77. The molecule has 21 heavy (non-hydrogen) atoms. The third-order valence-corrected chi connectivity index (χ3v) is 4.23. The molecule has 1 N–H and O–H groups in total. The van der Waals surface area contributed by atoms with E-state index in [1.807, 2.05) is 18.2 Å². The van der Waals surface area contributed by atoms with Crippen LogP contribution in [0, 0.1) is 0 Å². The summed E-state index contributed by atoms with van der Waals surface area (Å²) in [5, 5.41) is 3.35. The number of rotatable bonds is 1. The molecule has 0 saturated heterocycles. The molecule has 0 atom stereocenters. The number of allylic oxidation sites excluding steroid dienone is 3. The Morgan fingerprint density at radius 1 is 1.24 bits per heavy atom. The summed E-state index contributed by atoms with van der Waals surface area (Å²) >= 11 is 5.44. The van der Waals surface area contributed by atoms with Crippen LogP contribution in [-0.4, -0.2) is 22.5 Å². The van der Waals surface area contributed by atoms with Gasteiger partial charge in [0.15, 0.2) is 5.11 Å². The number of carbonyl (C=O) groups is 1. The van der Waals surface area contributed by atoms with Gasteiger partial charge < -0.3 is 4.90 Å². The molecule has 0 radical (unpaired) electrons. The lowest BCUT2D eigenvalue weighted by Gasteiger charge is -2.34. The lowest BCUT2D eigenvalue weighted by Crippen LogP contribution is -2.44. The van der Waals surface area contributed by atoms with Gasteiger partial charge in [-0.05, 0) is 61.7 Å². The molecule has 0 bridgehead atoms. The van der Waals surface area contributed by atoms with Crippen molar-refractivity contribution in [3.05, 3.63) is 59.3 Å². The molecule has 1 aromatic carbocycles. The molecule has 1 heterocycles. The van der Waals surface area contributed by atoms with Crippen molar-refractivity contribution in [2.45, 2.75) is 25.7 Å². The second-order valence-corrected chi connectivity index (χ2v) is 5.70. The maximum atomic E-state index is 12.2. The molecule has 3 nitrogen and oxygen atoms in total. The minimum atomic E-state index is -0.145. The Morgan fingerprint density at radius 3 is 2.86 bits per heavy atom. The Kier molecular flexibility index (Phi) is 4.15. The number of hydrogen-bond donors (Lipinski definition) is 1. The molecule has 4 heteroatoms. The molecule has 1 aliphatic heterocycles. The van der Waals surface area contributed by atoms with E-state index >= 15 is 0 Å². The van der Waals surface area contributed by atoms with E-state index in [4.69, 9.17) is 12.2 Å². The number of nitrogens with one attached hydrogen (secondary N) is 1. The van der Waals surface area contributed by atoms with Crippen LogP contribution in [0.2, 0.25) is 0 Å². The van der Waals surface area contributed by atoms with Crippen LogP contribution in [0.25, 0.3) is 0 Å². The average molecular weight is 300 g/mol. The zero-order valence-corrected chi connectivity index (χ0v) is 12.7. The number of hydrogen-bond acceptors (Lipinski definition) is 2. The lowest BCUT2D eigenvalue weighted by atomic mass is 9.94. The van der Waals surface area contributed by atoms with Crippen molar-refractivity contribution in [3.8, 4) is 0 Å². The van der Waals surface area contributed by atoms with Crippen LogP contribution in [0.15, 0.2) is 53.8 Å². The quantitative estimate of drug-likeness (QED) is 0.804. The fourth-order valence-electron chi connectivity index (χ4n) is 2.84. The van der Waals surface area contributed by atoms with Crippen LogP contribution in [0.3, 0.4) is 0 Å². The molecule has 0 spiro atoms. The van der Waals surface area contributed by atoms with Gasteiger partial charge >= 0.3 is 0 Å². The highest BCUT2D eigenvalue weighted by molar-refractivity contribution is 7.80. The smallest absolute Gasteiger partial charge is 0.257 e. The SMILES string of the molecule is O=C(NC(=S)N1CCCC2=C1C=CCC2)c1ccccc1.[HH]. The highest BCUT2D eigenvalue weighted by Crippen LogP contribution is 2.30. The van der Waals surface area contributed by atoms with E-state index in [1.165, 1.54) is 11.3 Å². The summed E-state index contributed by atoms with van der Waals surface area (Å²) in [4.78, 5) is 14.3. The standard InChI is InChI=1S/C17H18N2OS.H2/c20-16(14-8-2-1-3-9-14)18-17(21)19-12-6-10-13-7-4-5-11-15(13)19;/h1-3,5,8-9,11H,4,6-7,10,12H2,(H,18,20,21);1H. The van der Waals surface area contributed by atoms with Gasteiger partial charge in [0.2, 0.25) is 0 Å². The van der Waals surface area contributed by atoms with E-state index in [0.29, 0.717) is 10.7 Å². The Bertz CT molecular complexity index is 625. The minimum Gasteiger partial charge on any atom is -0.319 e. The first-order valence-corrected chi connectivity index (χ1v) is 7.73. The second-order valence-electron chi connectivity index (χ2n) is 5.31. The van der Waals surface area contributed by atoms with Crippen molar-refractivity contribution in [2.24, 2.45) is 0 Å². The van der Waals surface area contributed by atoms with Gasteiger partial charge in [-0.3, -0.25) is 10.1 Å². The number of nitrogens with zero attached hydrogens (tertiary/aromatic N) is 1. The summed E-state index contributed by atoms with van der Waals surface area (Å²) < 4.78 is 0. The maximum absolute atomic E-state index is 12.2. The van der Waals surface area contributed by atoms with Crippen molar-refractivity contribution in [3.63, 3.8) is 0 Å². The molecule has 110 valence electrons. The van der Waals surface area contributed by atoms with Crippen LogP contribution < -0.4 is 5.32 Å². The monoisotopic (exact) mass is 300 g/mol. The van der Waals surface area contributed by atoms with Crippen LogP contribution in [-0.2, 0) is 0 Å². The van der Waals surface area contributed by atoms with E-state index in [9.17, 15) is 4.79 Å². The molecule has 1 amide bonds. The van der Waals surface area contributed by atoms with E-state index in [-0.39, 0.29) is 7.33 Å². The van der Waals surface area contributed by atoms with Crippen molar-refractivity contribution in [1.82, 2.24) is 10.2 Å². The van der Waals surface area contributed by atoms with Gasteiger partial charge in [-0.2, -0.15) is 0 Å². The van der Waals surface area contributed by atoms with Gasteiger partial charge in [0.05, 0.1) is 0 Å². The van der Waals surface area contributed by atoms with Gasteiger partial charge in [-0.1, -0.05) is 24.3 Å². The van der Waals surface area contributed by atoms with Gasteiger partial charge in [0, 0.05) is 19.2 Å². The molecule has 0 saturated carbocycles. The van der Waals surface area contributed by atoms with Crippen LogP contribution >= 0.6 is 12.2 Å². The summed E-state index contributed by atoms with van der Waals surface area (Å²) in [6.45, 7) is 0.872. The van der Waals surface area contributed by atoms with Gasteiger partial charge in [0.1, 0.15) is 0 Å². The first-order chi connectivity index (χ1) is 10.3. The molecule has 1 aliphatic carbocycles. The molecular weight excluding hydrogens is 280 g/mol. The number of thiocarbonyl (C=S) groups is 1. The van der Waals surface area contributed by atoms with Crippen molar-refractivity contribution < 1.29 is 6.22 Å². The third-order valence-electron chi connectivity index (χ3n) is 3.90. The molecule has 2 aliphatic rings. The maximum Gasteiger partial charge on any atom is 0.257 e. The van der Waals surface area contributed by atoms with Gasteiger partial charge in [-0.15, -0.1) is 0 Å². The summed E-state index contributed by atoms with van der Waals surface area (Å²) in [7, 11) is 0. The molecule has 0 aromatic heterocycles. The normalized spacial score (nSPS) is 17.4.